The number of hydrogen-bond donors (Lipinski definition) is 2. The van der Waals surface area contributed by atoms with E-state index in [2.05, 4.69) is 0 Å². The number of carboxylic acids is 1. The molecule has 82 valence electrons. The molecule has 6 heteroatoms. The summed E-state index contributed by atoms with van der Waals surface area (Å²) in [5, 5.41) is 15.7. The van der Waals surface area contributed by atoms with Crippen LogP contribution in [-0.4, -0.2) is 11.1 Å². The zero-order chi connectivity index (χ0) is 11.1. The summed E-state index contributed by atoms with van der Waals surface area (Å²) in [6.07, 6.45) is 0. The minimum atomic E-state index is -0.833. The lowest BCUT2D eigenvalue weighted by atomic mass is 10.2. The second-order valence-electron chi connectivity index (χ2n) is 2.37. The summed E-state index contributed by atoms with van der Waals surface area (Å²) in [4.78, 5) is 9.00. The first-order chi connectivity index (χ1) is 6.47. The Hall–Kier alpha value is -1.80. The topological polar surface area (TPSA) is 87.1 Å². The van der Waals surface area contributed by atoms with E-state index in [0.717, 1.165) is 13.0 Å². The Morgan fingerprint density at radius 1 is 1.60 bits per heavy atom. The van der Waals surface area contributed by atoms with E-state index >= 15 is 0 Å². The molecule has 15 heavy (non-hydrogen) atoms. The first kappa shape index (κ1) is 15.7. The number of rotatable bonds is 0. The number of hydrogen-bond acceptors (Lipinski definition) is 3. The molecule has 0 unspecified atom stereocenters. The normalized spacial score (nSPS) is 7.53. The largest absolute Gasteiger partial charge is 0.481 e. The van der Waals surface area contributed by atoms with Crippen LogP contribution in [0.25, 0.3) is 0 Å². The van der Waals surface area contributed by atoms with E-state index in [-0.39, 0.29) is 23.7 Å². The average molecular weight is 233 g/mol. The lowest BCUT2D eigenvalue weighted by Gasteiger charge is -1.93. The van der Waals surface area contributed by atoms with E-state index in [1.807, 2.05) is 0 Å². The van der Waals surface area contributed by atoms with E-state index in [0.29, 0.717) is 0 Å². The van der Waals surface area contributed by atoms with Crippen LogP contribution < -0.4 is 5.73 Å². The van der Waals surface area contributed by atoms with Crippen molar-refractivity contribution in [2.75, 3.05) is 5.73 Å². The molecular weight excluding hydrogens is 223 g/mol. The van der Waals surface area contributed by atoms with Crippen molar-refractivity contribution in [1.29, 1.82) is 5.26 Å². The van der Waals surface area contributed by atoms with Gasteiger partial charge in [-0.25, -0.2) is 4.39 Å². The van der Waals surface area contributed by atoms with Crippen molar-refractivity contribution < 1.29 is 14.3 Å². The number of anilines is 1. The number of nitrogen functional groups attached to an aromatic ring is 1. The van der Waals surface area contributed by atoms with E-state index in [1.165, 1.54) is 12.1 Å². The second-order valence-corrected chi connectivity index (χ2v) is 2.37. The fraction of sp³-hybridized carbons (Fsp3) is 0.111. The number of nitriles is 1. The minimum Gasteiger partial charge on any atom is -0.481 e. The Kier molecular flexibility index (Phi) is 7.92. The van der Waals surface area contributed by atoms with Gasteiger partial charge in [0.15, 0.2) is 0 Å². The molecule has 1 rings (SSSR count). The van der Waals surface area contributed by atoms with Crippen LogP contribution >= 0.6 is 12.4 Å². The van der Waals surface area contributed by atoms with Gasteiger partial charge < -0.3 is 10.8 Å². The van der Waals surface area contributed by atoms with Gasteiger partial charge in [0.05, 0.1) is 17.3 Å². The molecule has 1 aromatic carbocycles. The summed E-state index contributed by atoms with van der Waals surface area (Å²) in [7, 11) is 0. The Labute approximate surface area is 92.5 Å². The Balaban J connectivity index is 0. The van der Waals surface area contributed by atoms with Crippen molar-refractivity contribution in [3.05, 3.63) is 29.6 Å². The predicted molar refractivity (Wildman–Crippen MR) is 56.1 cm³/mol. The summed E-state index contributed by atoms with van der Waals surface area (Å²) in [5.41, 5.74) is 5.51. The van der Waals surface area contributed by atoms with Gasteiger partial charge in [-0.05, 0) is 18.2 Å². The number of carboxylic acid groups (broad SMARTS) is 1. The van der Waals surface area contributed by atoms with Gasteiger partial charge in [0.1, 0.15) is 5.82 Å². The Morgan fingerprint density at radius 2 is 2.07 bits per heavy atom. The van der Waals surface area contributed by atoms with Gasteiger partial charge in [-0.2, -0.15) is 5.26 Å². The van der Waals surface area contributed by atoms with Gasteiger partial charge in [0, 0.05) is 6.92 Å². The molecule has 0 aliphatic carbocycles. The fourth-order valence-electron chi connectivity index (χ4n) is 0.597. The van der Waals surface area contributed by atoms with Crippen LogP contribution in [0.2, 0.25) is 0 Å². The van der Waals surface area contributed by atoms with Crippen molar-refractivity contribution in [1.82, 2.24) is 0 Å². The lowest BCUT2D eigenvalue weighted by molar-refractivity contribution is -0.134. The van der Waals surface area contributed by atoms with Crippen LogP contribution in [0.3, 0.4) is 0 Å². The summed E-state index contributed by atoms with van der Waals surface area (Å²) < 4.78 is 12.5. The highest BCUT2D eigenvalue weighted by molar-refractivity contribution is 5.85. The van der Waals surface area contributed by atoms with Crippen molar-refractivity contribution >= 4 is 24.1 Å². The summed E-state index contributed by atoms with van der Waals surface area (Å²) in [6.45, 7) is 1.08. The Bertz CT molecular complexity index is 373. The molecule has 0 aliphatic heterocycles. The van der Waals surface area contributed by atoms with Crippen LogP contribution in [0.15, 0.2) is 18.2 Å². The zero-order valence-electron chi connectivity index (χ0n) is 7.90. The van der Waals surface area contributed by atoms with Crippen molar-refractivity contribution in [3.8, 4) is 6.07 Å². The maximum atomic E-state index is 12.5. The lowest BCUT2D eigenvalue weighted by Crippen LogP contribution is -1.89. The molecule has 0 saturated heterocycles. The molecule has 0 atom stereocenters. The average Bonchev–Trinajstić information content (AvgIpc) is 2.09. The molecule has 0 aromatic heterocycles. The first-order valence-electron chi connectivity index (χ1n) is 3.62. The highest BCUT2D eigenvalue weighted by Crippen LogP contribution is 2.10. The SMILES string of the molecule is CC(=O)O.Cl.N#Cc1ccc(N)c(F)c1. The smallest absolute Gasteiger partial charge is 0.300 e. The molecule has 3 N–H and O–H groups in total. The van der Waals surface area contributed by atoms with Crippen LogP contribution in [0, 0.1) is 17.1 Å². The molecule has 4 nitrogen and oxygen atoms in total. The molecule has 1 aromatic rings. The van der Waals surface area contributed by atoms with Gasteiger partial charge in [0.25, 0.3) is 5.97 Å². The molecule has 0 radical (unpaired) electrons. The van der Waals surface area contributed by atoms with Gasteiger partial charge in [0.2, 0.25) is 0 Å². The molecular formula is C9H10ClFN2O2. The first-order valence-corrected chi connectivity index (χ1v) is 3.62. The van der Waals surface area contributed by atoms with Gasteiger partial charge in [-0.1, -0.05) is 0 Å². The van der Waals surface area contributed by atoms with E-state index in [1.54, 1.807) is 6.07 Å². The third-order valence-corrected chi connectivity index (χ3v) is 1.13. The third-order valence-electron chi connectivity index (χ3n) is 1.13. The van der Waals surface area contributed by atoms with Crippen molar-refractivity contribution in [2.24, 2.45) is 0 Å². The highest BCUT2D eigenvalue weighted by Gasteiger charge is 1.97. The minimum absolute atomic E-state index is 0. The summed E-state index contributed by atoms with van der Waals surface area (Å²) in [5.74, 6) is -1.38. The molecule has 0 saturated carbocycles. The van der Waals surface area contributed by atoms with Gasteiger partial charge >= 0.3 is 0 Å². The molecule has 0 fully saturated rings. The molecule has 0 bridgehead atoms. The third kappa shape index (κ3) is 7.28. The molecule has 0 heterocycles. The van der Waals surface area contributed by atoms with Crippen LogP contribution in [0.5, 0.6) is 0 Å². The van der Waals surface area contributed by atoms with E-state index in [4.69, 9.17) is 20.9 Å². The van der Waals surface area contributed by atoms with Crippen molar-refractivity contribution in [3.63, 3.8) is 0 Å². The maximum Gasteiger partial charge on any atom is 0.300 e. The second kappa shape index (κ2) is 7.59. The van der Waals surface area contributed by atoms with Crippen LogP contribution in [-0.2, 0) is 4.79 Å². The van der Waals surface area contributed by atoms with Crippen LogP contribution in [0.4, 0.5) is 10.1 Å². The van der Waals surface area contributed by atoms with Crippen molar-refractivity contribution in [2.45, 2.75) is 6.92 Å². The summed E-state index contributed by atoms with van der Waals surface area (Å²) >= 11 is 0. The monoisotopic (exact) mass is 232 g/mol. The fourth-order valence-corrected chi connectivity index (χ4v) is 0.597. The van der Waals surface area contributed by atoms with Gasteiger partial charge in [-0.3, -0.25) is 4.79 Å². The zero-order valence-corrected chi connectivity index (χ0v) is 8.71. The van der Waals surface area contributed by atoms with Gasteiger partial charge in [-0.15, -0.1) is 12.4 Å². The predicted octanol–water partition coefficient (Wildman–Crippen LogP) is 1.79. The number of halogens is 2. The maximum absolute atomic E-state index is 12.5. The van der Waals surface area contributed by atoms with Crippen LogP contribution in [0.1, 0.15) is 12.5 Å². The highest BCUT2D eigenvalue weighted by atomic mass is 35.5. The number of benzene rings is 1. The molecule has 0 spiro atoms. The van der Waals surface area contributed by atoms with E-state index < -0.39 is 11.8 Å². The summed E-state index contributed by atoms with van der Waals surface area (Å²) in [6, 6.07) is 5.75. The number of carbonyl (C=O) groups is 1. The molecule has 0 amide bonds. The number of aliphatic carboxylic acids is 1. The Morgan fingerprint density at radius 3 is 2.40 bits per heavy atom. The standard InChI is InChI=1S/C7H5FN2.C2H4O2.ClH/c8-6-3-5(4-9)1-2-7(6)10;1-2(3)4;/h1-3H,10H2;1H3,(H,3,4);1H. The van der Waals surface area contributed by atoms with E-state index in [9.17, 15) is 4.39 Å². The number of nitrogens with two attached hydrogens (primary N) is 1. The molecule has 0 aliphatic rings. The number of nitrogens with zero attached hydrogens (tertiary/aromatic N) is 1. The quantitative estimate of drug-likeness (QED) is 0.668.